The second-order valence-electron chi connectivity index (χ2n) is 4.15. The van der Waals surface area contributed by atoms with Crippen molar-refractivity contribution in [1.29, 1.82) is 0 Å². The molecule has 0 aliphatic rings. The first-order chi connectivity index (χ1) is 10.1. The first-order valence-electron chi connectivity index (χ1n) is 5.93. The fourth-order valence-corrected chi connectivity index (χ4v) is 1.90. The maximum Gasteiger partial charge on any atom is 0.269 e. The van der Waals surface area contributed by atoms with Crippen LogP contribution in [0, 0.1) is 10.1 Å². The van der Waals surface area contributed by atoms with E-state index in [1.807, 2.05) is 0 Å². The number of oxime groups is 1. The molecule has 108 valence electrons. The lowest BCUT2D eigenvalue weighted by atomic mass is 10.2. The Morgan fingerprint density at radius 3 is 2.57 bits per heavy atom. The topological polar surface area (TPSA) is 85.0 Å². The third-order valence-corrected chi connectivity index (χ3v) is 3.00. The van der Waals surface area contributed by atoms with Crippen LogP contribution in [0.5, 0.6) is 5.75 Å². The second kappa shape index (κ2) is 6.71. The molecule has 0 aromatic heterocycles. The van der Waals surface area contributed by atoms with Gasteiger partial charge in [-0.1, -0.05) is 16.8 Å². The molecule has 2 rings (SSSR count). The minimum atomic E-state index is -0.455. The molecule has 0 atom stereocenters. The fraction of sp³-hybridized carbons (Fsp3) is 0.0714. The predicted molar refractivity (Wildman–Crippen MR) is 78.3 cm³/mol. The van der Waals surface area contributed by atoms with Crippen molar-refractivity contribution in [1.82, 2.24) is 0 Å². The van der Waals surface area contributed by atoms with Crippen molar-refractivity contribution in [3.63, 3.8) is 0 Å². The summed E-state index contributed by atoms with van der Waals surface area (Å²) in [5, 5.41) is 22.3. The smallest absolute Gasteiger partial charge is 0.269 e. The molecular formula is C14H11ClN2O4. The minimum absolute atomic E-state index is 0.0319. The monoisotopic (exact) mass is 306 g/mol. The van der Waals surface area contributed by atoms with Gasteiger partial charge in [0.15, 0.2) is 0 Å². The molecule has 21 heavy (non-hydrogen) atoms. The van der Waals surface area contributed by atoms with Gasteiger partial charge in [-0.3, -0.25) is 10.1 Å². The van der Waals surface area contributed by atoms with Crippen LogP contribution in [-0.4, -0.2) is 16.3 Å². The van der Waals surface area contributed by atoms with Gasteiger partial charge in [-0.05, 0) is 41.5 Å². The van der Waals surface area contributed by atoms with Gasteiger partial charge in [0.25, 0.3) is 5.69 Å². The zero-order chi connectivity index (χ0) is 15.2. The van der Waals surface area contributed by atoms with Crippen molar-refractivity contribution in [3.8, 4) is 5.75 Å². The number of rotatable bonds is 5. The highest BCUT2D eigenvalue weighted by atomic mass is 35.5. The van der Waals surface area contributed by atoms with E-state index in [1.165, 1.54) is 18.3 Å². The van der Waals surface area contributed by atoms with Gasteiger partial charge in [-0.2, -0.15) is 0 Å². The maximum absolute atomic E-state index is 10.5. The summed E-state index contributed by atoms with van der Waals surface area (Å²) >= 11 is 6.04. The normalized spacial score (nSPS) is 10.7. The van der Waals surface area contributed by atoms with Crippen LogP contribution in [0.4, 0.5) is 5.69 Å². The Morgan fingerprint density at radius 1 is 1.29 bits per heavy atom. The largest absolute Gasteiger partial charge is 0.487 e. The number of nitro groups is 1. The van der Waals surface area contributed by atoms with Crippen LogP contribution < -0.4 is 4.74 Å². The molecule has 0 spiro atoms. The lowest BCUT2D eigenvalue weighted by Gasteiger charge is -2.08. The molecule has 2 aromatic rings. The highest BCUT2D eigenvalue weighted by Crippen LogP contribution is 2.26. The van der Waals surface area contributed by atoms with Crippen LogP contribution in [0.25, 0.3) is 0 Å². The number of ether oxygens (including phenoxy) is 1. The van der Waals surface area contributed by atoms with E-state index in [9.17, 15) is 10.1 Å². The second-order valence-corrected chi connectivity index (χ2v) is 4.55. The molecular weight excluding hydrogens is 296 g/mol. The summed E-state index contributed by atoms with van der Waals surface area (Å²) in [6, 6.07) is 11.0. The number of hydrogen-bond acceptors (Lipinski definition) is 5. The van der Waals surface area contributed by atoms with E-state index in [0.717, 1.165) is 5.56 Å². The van der Waals surface area contributed by atoms with Gasteiger partial charge in [-0.15, -0.1) is 0 Å². The van der Waals surface area contributed by atoms with Gasteiger partial charge < -0.3 is 9.94 Å². The third-order valence-electron chi connectivity index (χ3n) is 2.70. The Hall–Kier alpha value is -2.60. The molecule has 0 amide bonds. The van der Waals surface area contributed by atoms with Gasteiger partial charge in [0, 0.05) is 12.1 Å². The number of benzene rings is 2. The first-order valence-corrected chi connectivity index (χ1v) is 6.31. The van der Waals surface area contributed by atoms with Crippen LogP contribution in [-0.2, 0) is 6.61 Å². The van der Waals surface area contributed by atoms with Crippen LogP contribution in [0.3, 0.4) is 0 Å². The molecule has 0 saturated carbocycles. The molecule has 0 unspecified atom stereocenters. The van der Waals surface area contributed by atoms with E-state index >= 15 is 0 Å². The van der Waals surface area contributed by atoms with E-state index in [2.05, 4.69) is 5.16 Å². The van der Waals surface area contributed by atoms with Crippen LogP contribution in [0.2, 0.25) is 5.02 Å². The van der Waals surface area contributed by atoms with Gasteiger partial charge >= 0.3 is 0 Å². The van der Waals surface area contributed by atoms with Gasteiger partial charge in [-0.25, -0.2) is 0 Å². The molecule has 0 heterocycles. The molecule has 0 radical (unpaired) electrons. The van der Waals surface area contributed by atoms with Crippen molar-refractivity contribution >= 4 is 23.5 Å². The standard InChI is InChI=1S/C14H11ClN2O4/c15-13-7-11(8-16-18)3-6-14(13)21-9-10-1-4-12(5-2-10)17(19)20/h1-8,18H,9H2/b16-8+. The minimum Gasteiger partial charge on any atom is -0.487 e. The zero-order valence-corrected chi connectivity index (χ0v) is 11.5. The van der Waals surface area contributed by atoms with E-state index in [1.54, 1.807) is 30.3 Å². The number of nitro benzene ring substituents is 1. The van der Waals surface area contributed by atoms with Crippen LogP contribution >= 0.6 is 11.6 Å². The first kappa shape index (κ1) is 14.8. The Bertz CT molecular complexity index is 671. The Kier molecular flexibility index (Phi) is 4.73. The van der Waals surface area contributed by atoms with Crippen molar-refractivity contribution in [2.75, 3.05) is 0 Å². The Morgan fingerprint density at radius 2 is 2.00 bits per heavy atom. The molecule has 1 N–H and O–H groups in total. The molecule has 0 aliphatic heterocycles. The summed E-state index contributed by atoms with van der Waals surface area (Å²) in [6.45, 7) is 0.241. The lowest BCUT2D eigenvalue weighted by Crippen LogP contribution is -1.97. The summed E-state index contributed by atoms with van der Waals surface area (Å²) in [4.78, 5) is 10.1. The molecule has 0 bridgehead atoms. The summed E-state index contributed by atoms with van der Waals surface area (Å²) in [5.41, 5.74) is 1.47. The predicted octanol–water partition coefficient (Wildman–Crippen LogP) is 3.64. The summed E-state index contributed by atoms with van der Waals surface area (Å²) in [6.07, 6.45) is 1.26. The molecule has 2 aromatic carbocycles. The molecule has 6 nitrogen and oxygen atoms in total. The van der Waals surface area contributed by atoms with E-state index in [4.69, 9.17) is 21.5 Å². The Balaban J connectivity index is 2.04. The number of halogens is 1. The van der Waals surface area contributed by atoms with Crippen molar-refractivity contribution in [2.24, 2.45) is 5.16 Å². The Labute approximate surface area is 125 Å². The van der Waals surface area contributed by atoms with Gasteiger partial charge in [0.05, 0.1) is 16.2 Å². The molecule has 0 fully saturated rings. The summed E-state index contributed by atoms with van der Waals surface area (Å²) in [5.74, 6) is 0.477. The number of hydrogen-bond donors (Lipinski definition) is 1. The average Bonchev–Trinajstić information content (AvgIpc) is 2.47. The molecule has 0 aliphatic carbocycles. The van der Waals surface area contributed by atoms with Crippen molar-refractivity contribution in [3.05, 3.63) is 68.7 Å². The third kappa shape index (κ3) is 3.93. The van der Waals surface area contributed by atoms with Crippen LogP contribution in [0.1, 0.15) is 11.1 Å². The van der Waals surface area contributed by atoms with Crippen molar-refractivity contribution in [2.45, 2.75) is 6.61 Å². The van der Waals surface area contributed by atoms with E-state index in [0.29, 0.717) is 16.3 Å². The summed E-state index contributed by atoms with van der Waals surface area (Å²) < 4.78 is 5.55. The zero-order valence-electron chi connectivity index (χ0n) is 10.8. The van der Waals surface area contributed by atoms with E-state index in [-0.39, 0.29) is 12.3 Å². The maximum atomic E-state index is 10.5. The number of non-ortho nitro benzene ring substituents is 1. The summed E-state index contributed by atoms with van der Waals surface area (Å²) in [7, 11) is 0. The average molecular weight is 307 g/mol. The van der Waals surface area contributed by atoms with Gasteiger partial charge in [0.1, 0.15) is 12.4 Å². The fourth-order valence-electron chi connectivity index (χ4n) is 1.66. The van der Waals surface area contributed by atoms with Crippen molar-refractivity contribution < 1.29 is 14.9 Å². The highest BCUT2D eigenvalue weighted by molar-refractivity contribution is 6.32. The van der Waals surface area contributed by atoms with Gasteiger partial charge in [0.2, 0.25) is 0 Å². The lowest BCUT2D eigenvalue weighted by molar-refractivity contribution is -0.384. The van der Waals surface area contributed by atoms with Crippen LogP contribution in [0.15, 0.2) is 47.6 Å². The highest BCUT2D eigenvalue weighted by Gasteiger charge is 2.06. The SMILES string of the molecule is O=[N+]([O-])c1ccc(COc2ccc(/C=N/O)cc2Cl)cc1. The number of nitrogens with zero attached hydrogens (tertiary/aromatic N) is 2. The quantitative estimate of drug-likeness (QED) is 0.395. The van der Waals surface area contributed by atoms with E-state index < -0.39 is 4.92 Å². The molecule has 7 heteroatoms. The molecule has 0 saturated heterocycles.